The number of hydrogen-bond donors (Lipinski definition) is 2. The van der Waals surface area contributed by atoms with Crippen molar-refractivity contribution in [1.82, 2.24) is 15.3 Å². The van der Waals surface area contributed by atoms with Crippen LogP contribution >= 0.6 is 0 Å². The number of amides is 1. The average molecular weight is 364 g/mol. The summed E-state index contributed by atoms with van der Waals surface area (Å²) in [5.74, 6) is 1.16. The summed E-state index contributed by atoms with van der Waals surface area (Å²) in [6.45, 7) is 3.23. The van der Waals surface area contributed by atoms with Crippen LogP contribution in [0.25, 0.3) is 0 Å². The van der Waals surface area contributed by atoms with Gasteiger partial charge in [-0.15, -0.1) is 0 Å². The van der Waals surface area contributed by atoms with Gasteiger partial charge in [-0.1, -0.05) is 42.0 Å². The summed E-state index contributed by atoms with van der Waals surface area (Å²) in [6, 6.07) is 11.9. The van der Waals surface area contributed by atoms with E-state index >= 15 is 0 Å². The van der Waals surface area contributed by atoms with Gasteiger partial charge in [0.2, 0.25) is 0 Å². The van der Waals surface area contributed by atoms with Crippen LogP contribution < -0.4 is 10.6 Å². The average Bonchev–Trinajstić information content (AvgIpc) is 2.69. The molecule has 0 saturated heterocycles. The number of anilines is 1. The highest BCUT2D eigenvalue weighted by molar-refractivity contribution is 5.92. The number of benzene rings is 1. The van der Waals surface area contributed by atoms with E-state index in [9.17, 15) is 4.79 Å². The van der Waals surface area contributed by atoms with Crippen LogP contribution in [0.3, 0.4) is 0 Å². The summed E-state index contributed by atoms with van der Waals surface area (Å²) in [5, 5.41) is 6.28. The first kappa shape index (κ1) is 19.1. The monoisotopic (exact) mass is 364 g/mol. The normalized spacial score (nSPS) is 13.7. The zero-order chi connectivity index (χ0) is 18.9. The SMILES string of the molecule is Cc1nc(NCCC2=CCCCC2)cc(C(=O)NCCc2ccccc2)n1. The Morgan fingerprint density at radius 1 is 1.07 bits per heavy atom. The molecule has 0 unspecified atom stereocenters. The predicted octanol–water partition coefficient (Wildman–Crippen LogP) is 4.06. The lowest BCUT2D eigenvalue weighted by Gasteiger charge is -2.13. The number of nitrogens with zero attached hydrogens (tertiary/aromatic N) is 2. The number of rotatable bonds is 8. The van der Waals surface area contributed by atoms with Gasteiger partial charge in [0.15, 0.2) is 0 Å². The Morgan fingerprint density at radius 2 is 1.93 bits per heavy atom. The molecule has 1 aromatic carbocycles. The molecule has 1 heterocycles. The van der Waals surface area contributed by atoms with E-state index in [4.69, 9.17) is 0 Å². The van der Waals surface area contributed by atoms with Crippen molar-refractivity contribution in [3.63, 3.8) is 0 Å². The van der Waals surface area contributed by atoms with Crippen LogP contribution in [0.2, 0.25) is 0 Å². The lowest BCUT2D eigenvalue weighted by Crippen LogP contribution is -2.27. The van der Waals surface area contributed by atoms with E-state index in [-0.39, 0.29) is 5.91 Å². The maximum atomic E-state index is 12.4. The van der Waals surface area contributed by atoms with Gasteiger partial charge in [-0.2, -0.15) is 0 Å². The summed E-state index contributed by atoms with van der Waals surface area (Å²) in [5.41, 5.74) is 3.14. The molecule has 1 aliphatic rings. The third-order valence-electron chi connectivity index (χ3n) is 4.75. The van der Waals surface area contributed by atoms with Gasteiger partial charge in [-0.3, -0.25) is 4.79 Å². The molecular weight excluding hydrogens is 336 g/mol. The highest BCUT2D eigenvalue weighted by atomic mass is 16.1. The number of carbonyl (C=O) groups is 1. The predicted molar refractivity (Wildman–Crippen MR) is 109 cm³/mol. The summed E-state index contributed by atoms with van der Waals surface area (Å²) in [6.07, 6.45) is 9.21. The Kier molecular flexibility index (Phi) is 6.97. The Hall–Kier alpha value is -2.69. The van der Waals surface area contributed by atoms with Crippen LogP contribution in [0.4, 0.5) is 5.82 Å². The van der Waals surface area contributed by atoms with Gasteiger partial charge in [0, 0.05) is 19.2 Å². The molecule has 5 nitrogen and oxygen atoms in total. The zero-order valence-electron chi connectivity index (χ0n) is 16.0. The molecule has 0 spiro atoms. The highest BCUT2D eigenvalue weighted by Gasteiger charge is 2.10. The first-order valence-corrected chi connectivity index (χ1v) is 9.80. The van der Waals surface area contributed by atoms with Gasteiger partial charge in [0.1, 0.15) is 17.3 Å². The molecule has 1 aliphatic carbocycles. The molecule has 0 aliphatic heterocycles. The van der Waals surface area contributed by atoms with E-state index in [0.29, 0.717) is 23.9 Å². The van der Waals surface area contributed by atoms with Crippen molar-refractivity contribution >= 4 is 11.7 Å². The van der Waals surface area contributed by atoms with Crippen molar-refractivity contribution in [3.05, 3.63) is 65.1 Å². The second kappa shape index (κ2) is 9.86. The summed E-state index contributed by atoms with van der Waals surface area (Å²) >= 11 is 0. The van der Waals surface area contributed by atoms with Crippen LogP contribution in [0.1, 0.15) is 54.0 Å². The van der Waals surface area contributed by atoms with Crippen molar-refractivity contribution < 1.29 is 4.79 Å². The third-order valence-corrected chi connectivity index (χ3v) is 4.75. The van der Waals surface area contributed by atoms with Crippen LogP contribution in [0.15, 0.2) is 48.0 Å². The minimum atomic E-state index is -0.158. The Morgan fingerprint density at radius 3 is 2.70 bits per heavy atom. The summed E-state index contributed by atoms with van der Waals surface area (Å²) in [7, 11) is 0. The third kappa shape index (κ3) is 6.20. The van der Waals surface area contributed by atoms with Crippen molar-refractivity contribution in [2.75, 3.05) is 18.4 Å². The van der Waals surface area contributed by atoms with Crippen molar-refractivity contribution in [3.8, 4) is 0 Å². The smallest absolute Gasteiger partial charge is 0.270 e. The van der Waals surface area contributed by atoms with Gasteiger partial charge in [0.05, 0.1) is 0 Å². The molecule has 0 saturated carbocycles. The standard InChI is InChI=1S/C22H28N4O/c1-17-25-20(22(27)24-15-13-19-10-6-3-7-11-19)16-21(26-17)23-14-12-18-8-4-2-5-9-18/h3,6-8,10-11,16H,2,4-5,9,12-15H2,1H3,(H,24,27)(H,23,25,26). The number of aryl methyl sites for hydroxylation is 1. The second-order valence-electron chi connectivity index (χ2n) is 6.96. The molecule has 2 aromatic rings. The molecule has 27 heavy (non-hydrogen) atoms. The van der Waals surface area contributed by atoms with Crippen molar-refractivity contribution in [2.24, 2.45) is 0 Å². The fourth-order valence-electron chi connectivity index (χ4n) is 3.31. The quantitative estimate of drug-likeness (QED) is 0.693. The first-order valence-electron chi connectivity index (χ1n) is 9.80. The number of nitrogens with one attached hydrogen (secondary N) is 2. The molecule has 142 valence electrons. The molecule has 0 radical (unpaired) electrons. The van der Waals surface area contributed by atoms with Gasteiger partial charge in [-0.25, -0.2) is 9.97 Å². The van der Waals surface area contributed by atoms with Gasteiger partial charge in [-0.05, 0) is 51.0 Å². The number of aromatic nitrogens is 2. The fourth-order valence-corrected chi connectivity index (χ4v) is 3.31. The molecule has 0 fully saturated rings. The second-order valence-corrected chi connectivity index (χ2v) is 6.96. The molecule has 1 amide bonds. The highest BCUT2D eigenvalue weighted by Crippen LogP contribution is 2.20. The number of hydrogen-bond acceptors (Lipinski definition) is 4. The molecule has 2 N–H and O–H groups in total. The van der Waals surface area contributed by atoms with E-state index in [0.717, 1.165) is 19.4 Å². The van der Waals surface area contributed by atoms with E-state index in [1.165, 1.54) is 36.8 Å². The Labute approximate surface area is 161 Å². The molecule has 3 rings (SSSR count). The number of allylic oxidation sites excluding steroid dienone is 1. The van der Waals surface area contributed by atoms with Gasteiger partial charge < -0.3 is 10.6 Å². The molecule has 0 bridgehead atoms. The van der Waals surface area contributed by atoms with E-state index in [2.05, 4.69) is 38.8 Å². The van der Waals surface area contributed by atoms with E-state index in [1.807, 2.05) is 25.1 Å². The molecule has 5 heteroatoms. The van der Waals surface area contributed by atoms with Crippen LogP contribution in [-0.2, 0) is 6.42 Å². The molecule has 0 atom stereocenters. The maximum absolute atomic E-state index is 12.4. The summed E-state index contributed by atoms with van der Waals surface area (Å²) < 4.78 is 0. The fraction of sp³-hybridized carbons (Fsp3) is 0.409. The maximum Gasteiger partial charge on any atom is 0.270 e. The van der Waals surface area contributed by atoms with E-state index in [1.54, 1.807) is 6.07 Å². The lowest BCUT2D eigenvalue weighted by atomic mass is 9.97. The van der Waals surface area contributed by atoms with Crippen LogP contribution in [0, 0.1) is 6.92 Å². The van der Waals surface area contributed by atoms with Gasteiger partial charge >= 0.3 is 0 Å². The minimum absolute atomic E-state index is 0.158. The molecular formula is C22H28N4O. The van der Waals surface area contributed by atoms with Crippen LogP contribution in [-0.4, -0.2) is 29.0 Å². The summed E-state index contributed by atoms with van der Waals surface area (Å²) in [4.78, 5) is 21.1. The Balaban J connectivity index is 1.50. The number of carbonyl (C=O) groups excluding carboxylic acids is 1. The van der Waals surface area contributed by atoms with Crippen molar-refractivity contribution in [2.45, 2.75) is 45.4 Å². The lowest BCUT2D eigenvalue weighted by molar-refractivity contribution is 0.0949. The topological polar surface area (TPSA) is 66.9 Å². The zero-order valence-corrected chi connectivity index (χ0v) is 16.0. The van der Waals surface area contributed by atoms with Crippen LogP contribution in [0.5, 0.6) is 0 Å². The molecule has 1 aromatic heterocycles. The van der Waals surface area contributed by atoms with Crippen molar-refractivity contribution in [1.29, 1.82) is 0 Å². The van der Waals surface area contributed by atoms with Gasteiger partial charge in [0.25, 0.3) is 5.91 Å². The largest absolute Gasteiger partial charge is 0.370 e. The first-order chi connectivity index (χ1) is 13.2. The minimum Gasteiger partial charge on any atom is -0.370 e. The van der Waals surface area contributed by atoms with E-state index < -0.39 is 0 Å². The Bertz CT molecular complexity index is 786.